The van der Waals surface area contributed by atoms with Gasteiger partial charge in [-0.05, 0) is 24.8 Å². The van der Waals surface area contributed by atoms with Gasteiger partial charge in [0.1, 0.15) is 9.77 Å². The Hall–Kier alpha value is -0.960. The maximum Gasteiger partial charge on any atom is 0.349 e. The third-order valence-corrected chi connectivity index (χ3v) is 5.15. The van der Waals surface area contributed by atoms with Crippen molar-refractivity contribution in [3.05, 3.63) is 15.8 Å². The Morgan fingerprint density at radius 3 is 2.74 bits per heavy atom. The van der Waals surface area contributed by atoms with Crippen molar-refractivity contribution < 1.29 is 22.7 Å². The van der Waals surface area contributed by atoms with E-state index in [4.69, 9.17) is 4.74 Å². The number of carbonyl (C=O) groups excluding carboxylic acids is 1. The lowest BCUT2D eigenvalue weighted by Gasteiger charge is -2.08. The summed E-state index contributed by atoms with van der Waals surface area (Å²) in [6, 6.07) is 0. The van der Waals surface area contributed by atoms with Crippen molar-refractivity contribution in [3.63, 3.8) is 0 Å². The van der Waals surface area contributed by atoms with Crippen LogP contribution < -0.4 is 4.72 Å². The van der Waals surface area contributed by atoms with Crippen LogP contribution in [-0.2, 0) is 19.5 Å². The fraction of sp³-hybridized carbons (Fsp3) is 0.545. The van der Waals surface area contributed by atoms with E-state index in [1.807, 2.05) is 6.92 Å². The second kappa shape index (κ2) is 6.99. The zero-order valence-corrected chi connectivity index (χ0v) is 12.7. The summed E-state index contributed by atoms with van der Waals surface area (Å²) in [6.45, 7) is 4.43. The highest BCUT2D eigenvalue weighted by Crippen LogP contribution is 2.27. The number of rotatable bonds is 7. The molecule has 19 heavy (non-hydrogen) atoms. The van der Waals surface area contributed by atoms with Gasteiger partial charge in [0, 0.05) is 13.2 Å². The lowest BCUT2D eigenvalue weighted by atomic mass is 10.3. The van der Waals surface area contributed by atoms with Crippen molar-refractivity contribution in [1.82, 2.24) is 4.72 Å². The molecule has 0 unspecified atom stereocenters. The molecule has 108 valence electrons. The summed E-state index contributed by atoms with van der Waals surface area (Å²) in [5.41, 5.74) is 0.523. The highest BCUT2D eigenvalue weighted by Gasteiger charge is 2.27. The number of sulfonamides is 1. The first-order valence-corrected chi connectivity index (χ1v) is 8.04. The number of hydrogen-bond donors (Lipinski definition) is 1. The molecule has 1 heterocycles. The van der Waals surface area contributed by atoms with Crippen LogP contribution in [0.2, 0.25) is 0 Å². The Bertz CT molecular complexity index is 535. The summed E-state index contributed by atoms with van der Waals surface area (Å²) >= 11 is 1.05. The molecular formula is C11H17NO5S2. The van der Waals surface area contributed by atoms with Crippen LogP contribution >= 0.6 is 11.3 Å². The quantitative estimate of drug-likeness (QED) is 0.604. The molecule has 0 aliphatic rings. The largest absolute Gasteiger partial charge is 0.465 e. The average molecular weight is 307 g/mol. The predicted molar refractivity (Wildman–Crippen MR) is 72.1 cm³/mol. The molecule has 0 aromatic carbocycles. The number of esters is 1. The predicted octanol–water partition coefficient (Wildman–Crippen LogP) is 1.16. The van der Waals surface area contributed by atoms with E-state index in [1.165, 1.54) is 7.11 Å². The molecular weight excluding hydrogens is 290 g/mol. The molecule has 6 nitrogen and oxygen atoms in total. The average Bonchev–Trinajstić information content (AvgIpc) is 2.76. The molecule has 1 aromatic rings. The van der Waals surface area contributed by atoms with Gasteiger partial charge < -0.3 is 9.47 Å². The highest BCUT2D eigenvalue weighted by atomic mass is 32.2. The van der Waals surface area contributed by atoms with Gasteiger partial charge in [0.25, 0.3) is 0 Å². The molecule has 0 bridgehead atoms. The number of methoxy groups -OCH3 is 1. The Morgan fingerprint density at radius 2 is 2.16 bits per heavy atom. The molecule has 0 aliphatic carbocycles. The van der Waals surface area contributed by atoms with Crippen LogP contribution in [-0.4, -0.2) is 41.3 Å². The highest BCUT2D eigenvalue weighted by molar-refractivity contribution is 7.89. The van der Waals surface area contributed by atoms with Gasteiger partial charge >= 0.3 is 5.97 Å². The number of nitrogens with one attached hydrogen (secondary N) is 1. The monoisotopic (exact) mass is 307 g/mol. The van der Waals surface area contributed by atoms with E-state index in [2.05, 4.69) is 9.46 Å². The van der Waals surface area contributed by atoms with Gasteiger partial charge in [0.15, 0.2) is 0 Å². The van der Waals surface area contributed by atoms with E-state index in [1.54, 1.807) is 12.3 Å². The smallest absolute Gasteiger partial charge is 0.349 e. The minimum atomic E-state index is -3.73. The van der Waals surface area contributed by atoms with Crippen molar-refractivity contribution in [2.24, 2.45) is 0 Å². The number of aryl methyl sites for hydroxylation is 1. The van der Waals surface area contributed by atoms with Gasteiger partial charge in [-0.15, -0.1) is 11.3 Å². The van der Waals surface area contributed by atoms with Crippen LogP contribution in [0.5, 0.6) is 0 Å². The topological polar surface area (TPSA) is 81.7 Å². The molecule has 0 radical (unpaired) electrons. The normalized spacial score (nSPS) is 11.5. The molecule has 8 heteroatoms. The van der Waals surface area contributed by atoms with Gasteiger partial charge in [0.05, 0.1) is 13.7 Å². The van der Waals surface area contributed by atoms with Crippen LogP contribution in [0, 0.1) is 6.92 Å². The zero-order chi connectivity index (χ0) is 14.5. The lowest BCUT2D eigenvalue weighted by Crippen LogP contribution is -2.28. The summed E-state index contributed by atoms with van der Waals surface area (Å²) in [5.74, 6) is -0.650. The van der Waals surface area contributed by atoms with E-state index in [9.17, 15) is 13.2 Å². The maximum atomic E-state index is 12.2. The van der Waals surface area contributed by atoms with Crippen LogP contribution in [0.3, 0.4) is 0 Å². The summed E-state index contributed by atoms with van der Waals surface area (Å²) in [5, 5.41) is 1.61. The molecule has 0 spiro atoms. The first kappa shape index (κ1) is 16.1. The van der Waals surface area contributed by atoms with Crippen molar-refractivity contribution in [2.45, 2.75) is 18.7 Å². The second-order valence-corrected chi connectivity index (χ2v) is 6.25. The summed E-state index contributed by atoms with van der Waals surface area (Å²) < 4.78 is 36.3. The second-order valence-electron chi connectivity index (χ2n) is 3.66. The molecule has 0 saturated carbocycles. The molecule has 1 aromatic heterocycles. The standard InChI is InChI=1S/C11H17NO5S2/c1-4-17-6-5-12-19(14,15)10-8(2)7-18-9(10)11(13)16-3/h7,12H,4-6H2,1-3H3. The van der Waals surface area contributed by atoms with E-state index >= 15 is 0 Å². The van der Waals surface area contributed by atoms with Crippen molar-refractivity contribution in [1.29, 1.82) is 0 Å². The summed E-state index contributed by atoms with van der Waals surface area (Å²) in [6.07, 6.45) is 0. The van der Waals surface area contributed by atoms with Gasteiger partial charge in [-0.1, -0.05) is 0 Å². The third kappa shape index (κ3) is 4.00. The van der Waals surface area contributed by atoms with Crippen molar-refractivity contribution in [2.75, 3.05) is 26.9 Å². The Kier molecular flexibility index (Phi) is 5.92. The van der Waals surface area contributed by atoms with Crippen LogP contribution in [0.25, 0.3) is 0 Å². The molecule has 0 fully saturated rings. The number of carbonyl (C=O) groups is 1. The van der Waals surface area contributed by atoms with E-state index < -0.39 is 16.0 Å². The third-order valence-electron chi connectivity index (χ3n) is 2.30. The fourth-order valence-corrected chi connectivity index (χ4v) is 4.18. The van der Waals surface area contributed by atoms with Gasteiger partial charge in [-0.25, -0.2) is 17.9 Å². The van der Waals surface area contributed by atoms with Gasteiger partial charge in [0.2, 0.25) is 10.0 Å². The maximum absolute atomic E-state index is 12.2. The number of hydrogen-bond acceptors (Lipinski definition) is 6. The van der Waals surface area contributed by atoms with Crippen LogP contribution in [0.4, 0.5) is 0 Å². The van der Waals surface area contributed by atoms with E-state index in [0.29, 0.717) is 12.2 Å². The Morgan fingerprint density at radius 1 is 1.47 bits per heavy atom. The fourth-order valence-electron chi connectivity index (χ4n) is 1.47. The number of ether oxygens (including phenoxy) is 2. The molecule has 0 saturated heterocycles. The molecule has 0 atom stereocenters. The van der Waals surface area contributed by atoms with Crippen LogP contribution in [0.15, 0.2) is 10.3 Å². The minimum Gasteiger partial charge on any atom is -0.465 e. The summed E-state index contributed by atoms with van der Waals surface area (Å²) in [4.78, 5) is 11.6. The lowest BCUT2D eigenvalue weighted by molar-refractivity contribution is 0.0602. The number of thiophene rings is 1. The van der Waals surface area contributed by atoms with E-state index in [0.717, 1.165) is 11.3 Å². The van der Waals surface area contributed by atoms with Crippen molar-refractivity contribution >= 4 is 27.3 Å². The first-order valence-electron chi connectivity index (χ1n) is 5.67. The zero-order valence-electron chi connectivity index (χ0n) is 11.1. The van der Waals surface area contributed by atoms with Crippen LogP contribution in [0.1, 0.15) is 22.2 Å². The van der Waals surface area contributed by atoms with Crippen molar-refractivity contribution in [3.8, 4) is 0 Å². The first-order chi connectivity index (χ1) is 8.94. The SMILES string of the molecule is CCOCCNS(=O)(=O)c1c(C)csc1C(=O)OC. The molecule has 1 rings (SSSR count). The molecule has 0 aliphatic heterocycles. The van der Waals surface area contributed by atoms with E-state index in [-0.39, 0.29) is 22.9 Å². The Labute approximate surface area is 116 Å². The molecule has 1 N–H and O–H groups in total. The molecule has 0 amide bonds. The summed E-state index contributed by atoms with van der Waals surface area (Å²) in [7, 11) is -2.52. The Balaban J connectivity index is 2.94. The minimum absolute atomic E-state index is 0.0131. The van der Waals surface area contributed by atoms with Gasteiger partial charge in [-0.3, -0.25) is 0 Å². The van der Waals surface area contributed by atoms with Gasteiger partial charge in [-0.2, -0.15) is 0 Å².